The Balaban J connectivity index is 2.93. The van der Waals surface area contributed by atoms with Crippen molar-refractivity contribution >= 4 is 21.8 Å². The van der Waals surface area contributed by atoms with E-state index in [1.54, 1.807) is 7.05 Å². The Morgan fingerprint density at radius 1 is 1.59 bits per heavy atom. The number of benzene rings is 1. The van der Waals surface area contributed by atoms with Gasteiger partial charge in [0.1, 0.15) is 6.04 Å². The van der Waals surface area contributed by atoms with Crippen LogP contribution in [0.2, 0.25) is 0 Å². The summed E-state index contributed by atoms with van der Waals surface area (Å²) in [5.74, 6) is -0.000902. The Morgan fingerprint density at radius 2 is 2.29 bits per heavy atom. The maximum atomic E-state index is 11.8. The second-order valence-electron chi connectivity index (χ2n) is 3.84. The molecule has 0 spiro atoms. The molecule has 1 unspecified atom stereocenters. The predicted molar refractivity (Wildman–Crippen MR) is 70.2 cm³/mol. The van der Waals surface area contributed by atoms with Gasteiger partial charge < -0.3 is 4.90 Å². The van der Waals surface area contributed by atoms with E-state index < -0.39 is 6.04 Å². The molecule has 1 rings (SSSR count). The zero-order valence-corrected chi connectivity index (χ0v) is 11.6. The minimum absolute atomic E-state index is 0.000902. The van der Waals surface area contributed by atoms with E-state index >= 15 is 0 Å². The first-order chi connectivity index (χ1) is 8.10. The molecule has 1 atom stereocenters. The van der Waals surface area contributed by atoms with Gasteiger partial charge in [-0.05, 0) is 24.1 Å². The fraction of sp³-hybridized carbons (Fsp3) is 0.385. The van der Waals surface area contributed by atoms with Crippen LogP contribution in [0.1, 0.15) is 31.4 Å². The second-order valence-corrected chi connectivity index (χ2v) is 4.76. The van der Waals surface area contributed by atoms with Crippen LogP contribution in [0, 0.1) is 11.3 Å². The summed E-state index contributed by atoms with van der Waals surface area (Å²) in [4.78, 5) is 13.3. The zero-order valence-electron chi connectivity index (χ0n) is 9.98. The molecule has 4 heteroatoms. The van der Waals surface area contributed by atoms with Crippen molar-refractivity contribution in [3.05, 3.63) is 34.3 Å². The van der Waals surface area contributed by atoms with Crippen LogP contribution in [-0.2, 0) is 4.79 Å². The average molecular weight is 295 g/mol. The number of carbonyl (C=O) groups excluding carboxylic acids is 1. The van der Waals surface area contributed by atoms with Crippen LogP contribution < -0.4 is 0 Å². The van der Waals surface area contributed by atoms with Crippen LogP contribution >= 0.6 is 15.9 Å². The van der Waals surface area contributed by atoms with Gasteiger partial charge in [0.05, 0.1) is 6.07 Å². The van der Waals surface area contributed by atoms with Gasteiger partial charge in [0.2, 0.25) is 5.91 Å². The first-order valence-electron chi connectivity index (χ1n) is 5.51. The maximum Gasteiger partial charge on any atom is 0.223 e. The Labute approximate surface area is 110 Å². The lowest BCUT2D eigenvalue weighted by Gasteiger charge is -2.23. The summed E-state index contributed by atoms with van der Waals surface area (Å²) in [6, 6.07) is 9.13. The van der Waals surface area contributed by atoms with Crippen LogP contribution in [0.4, 0.5) is 0 Å². The number of halogens is 1. The summed E-state index contributed by atoms with van der Waals surface area (Å²) in [6.07, 6.45) is 1.27. The maximum absolute atomic E-state index is 11.8. The molecule has 0 aliphatic heterocycles. The molecule has 0 aromatic heterocycles. The van der Waals surface area contributed by atoms with E-state index in [1.165, 1.54) is 4.90 Å². The molecule has 17 heavy (non-hydrogen) atoms. The molecule has 1 aromatic rings. The molecular weight excluding hydrogens is 280 g/mol. The highest BCUT2D eigenvalue weighted by atomic mass is 79.9. The van der Waals surface area contributed by atoms with Gasteiger partial charge >= 0.3 is 0 Å². The number of nitriles is 1. The topological polar surface area (TPSA) is 44.1 Å². The van der Waals surface area contributed by atoms with Crippen molar-refractivity contribution in [3.8, 4) is 6.07 Å². The van der Waals surface area contributed by atoms with Crippen molar-refractivity contribution < 1.29 is 4.79 Å². The molecule has 1 aromatic carbocycles. The highest BCUT2D eigenvalue weighted by Gasteiger charge is 2.20. The minimum atomic E-state index is -0.522. The van der Waals surface area contributed by atoms with Gasteiger partial charge in [0.25, 0.3) is 0 Å². The van der Waals surface area contributed by atoms with Crippen LogP contribution in [-0.4, -0.2) is 17.9 Å². The monoisotopic (exact) mass is 294 g/mol. The van der Waals surface area contributed by atoms with E-state index in [9.17, 15) is 10.1 Å². The molecule has 0 saturated heterocycles. The molecule has 0 heterocycles. The van der Waals surface area contributed by atoms with Crippen molar-refractivity contribution in [1.29, 1.82) is 5.26 Å². The lowest BCUT2D eigenvalue weighted by molar-refractivity contribution is -0.131. The third-order valence-electron chi connectivity index (χ3n) is 2.53. The quantitative estimate of drug-likeness (QED) is 0.855. The fourth-order valence-corrected chi connectivity index (χ4v) is 2.01. The first-order valence-corrected chi connectivity index (χ1v) is 6.30. The van der Waals surface area contributed by atoms with E-state index in [1.807, 2.05) is 31.2 Å². The van der Waals surface area contributed by atoms with Gasteiger partial charge in [-0.1, -0.05) is 35.0 Å². The molecule has 0 fully saturated rings. The highest BCUT2D eigenvalue weighted by molar-refractivity contribution is 9.10. The fourth-order valence-electron chi connectivity index (χ4n) is 1.60. The summed E-state index contributed by atoms with van der Waals surface area (Å²) >= 11 is 3.36. The van der Waals surface area contributed by atoms with Crippen molar-refractivity contribution in [2.24, 2.45) is 0 Å². The molecule has 0 bridgehead atoms. The summed E-state index contributed by atoms with van der Waals surface area (Å²) in [5, 5.41) is 9.20. The van der Waals surface area contributed by atoms with Crippen LogP contribution in [0.5, 0.6) is 0 Å². The number of hydrogen-bond acceptors (Lipinski definition) is 2. The van der Waals surface area contributed by atoms with Gasteiger partial charge in [-0.25, -0.2) is 0 Å². The number of nitrogens with zero attached hydrogens (tertiary/aromatic N) is 2. The van der Waals surface area contributed by atoms with Gasteiger partial charge in [0, 0.05) is 17.9 Å². The third-order valence-corrected chi connectivity index (χ3v) is 3.02. The van der Waals surface area contributed by atoms with Crippen molar-refractivity contribution in [2.75, 3.05) is 7.05 Å². The molecule has 1 amide bonds. The largest absolute Gasteiger partial charge is 0.326 e. The first kappa shape index (κ1) is 13.7. The standard InChI is InChI=1S/C13H15BrN2O/c1-3-5-13(17)16(2)12(9-15)10-6-4-7-11(14)8-10/h4,6-8,12H,3,5H2,1-2H3. The number of hydrogen-bond donors (Lipinski definition) is 0. The Bertz CT molecular complexity index is 439. The van der Waals surface area contributed by atoms with Gasteiger partial charge in [-0.2, -0.15) is 5.26 Å². The Hall–Kier alpha value is -1.34. The predicted octanol–water partition coefficient (Wildman–Crippen LogP) is 3.27. The molecule has 0 N–H and O–H groups in total. The molecule has 0 aliphatic carbocycles. The number of amides is 1. The van der Waals surface area contributed by atoms with Crippen molar-refractivity contribution in [1.82, 2.24) is 4.90 Å². The van der Waals surface area contributed by atoms with Crippen molar-refractivity contribution in [2.45, 2.75) is 25.8 Å². The number of rotatable bonds is 4. The summed E-state index contributed by atoms with van der Waals surface area (Å²) in [6.45, 7) is 1.95. The molecule has 0 saturated carbocycles. The molecule has 0 aliphatic rings. The van der Waals surface area contributed by atoms with E-state index in [2.05, 4.69) is 22.0 Å². The SMILES string of the molecule is CCCC(=O)N(C)C(C#N)c1cccc(Br)c1. The van der Waals surface area contributed by atoms with E-state index in [0.29, 0.717) is 6.42 Å². The van der Waals surface area contributed by atoms with Crippen LogP contribution in [0.15, 0.2) is 28.7 Å². The van der Waals surface area contributed by atoms with E-state index in [4.69, 9.17) is 0 Å². The summed E-state index contributed by atoms with van der Waals surface area (Å²) in [5.41, 5.74) is 0.828. The van der Waals surface area contributed by atoms with Gasteiger partial charge in [-0.15, -0.1) is 0 Å². The normalized spacial score (nSPS) is 11.6. The second kappa shape index (κ2) is 6.41. The van der Waals surface area contributed by atoms with Crippen molar-refractivity contribution in [3.63, 3.8) is 0 Å². The number of carbonyl (C=O) groups is 1. The van der Waals surface area contributed by atoms with E-state index in [-0.39, 0.29) is 5.91 Å². The zero-order chi connectivity index (χ0) is 12.8. The van der Waals surface area contributed by atoms with Gasteiger partial charge in [-0.3, -0.25) is 4.79 Å². The third kappa shape index (κ3) is 3.57. The highest BCUT2D eigenvalue weighted by Crippen LogP contribution is 2.22. The average Bonchev–Trinajstić information content (AvgIpc) is 2.30. The smallest absolute Gasteiger partial charge is 0.223 e. The summed E-state index contributed by atoms with van der Waals surface area (Å²) in [7, 11) is 1.67. The molecule has 0 radical (unpaired) electrons. The Morgan fingerprint density at radius 3 is 2.82 bits per heavy atom. The minimum Gasteiger partial charge on any atom is -0.326 e. The molecule has 3 nitrogen and oxygen atoms in total. The molecular formula is C13H15BrN2O. The lowest BCUT2D eigenvalue weighted by atomic mass is 10.1. The van der Waals surface area contributed by atoms with E-state index in [0.717, 1.165) is 16.5 Å². The van der Waals surface area contributed by atoms with Crippen LogP contribution in [0.25, 0.3) is 0 Å². The van der Waals surface area contributed by atoms with Gasteiger partial charge in [0.15, 0.2) is 0 Å². The Kier molecular flexibility index (Phi) is 5.17. The summed E-state index contributed by atoms with van der Waals surface area (Å²) < 4.78 is 0.909. The van der Waals surface area contributed by atoms with Crippen LogP contribution in [0.3, 0.4) is 0 Å². The molecule has 90 valence electrons. The lowest BCUT2D eigenvalue weighted by Crippen LogP contribution is -2.30.